The van der Waals surface area contributed by atoms with Crippen LogP contribution in [0.1, 0.15) is 65.7 Å². The van der Waals surface area contributed by atoms with Gasteiger partial charge in [-0.2, -0.15) is 0 Å². The Morgan fingerprint density at radius 3 is 2.48 bits per heavy atom. The average molecular weight is 324 g/mol. The summed E-state index contributed by atoms with van der Waals surface area (Å²) < 4.78 is 5.71. The Morgan fingerprint density at radius 1 is 1.17 bits per heavy atom. The topological polar surface area (TPSA) is 58.6 Å². The van der Waals surface area contributed by atoms with Gasteiger partial charge in [-0.25, -0.2) is 0 Å². The van der Waals surface area contributed by atoms with Crippen molar-refractivity contribution in [3.8, 4) is 0 Å². The van der Waals surface area contributed by atoms with E-state index in [2.05, 4.69) is 19.2 Å². The van der Waals surface area contributed by atoms with Crippen molar-refractivity contribution in [2.75, 3.05) is 13.1 Å². The molecule has 2 atom stereocenters. The van der Waals surface area contributed by atoms with Gasteiger partial charge >= 0.3 is 5.97 Å². The Morgan fingerprint density at radius 2 is 1.87 bits per heavy atom. The largest absolute Gasteiger partial charge is 0.461 e. The second kappa shape index (κ2) is 8.67. The predicted molar refractivity (Wildman–Crippen MR) is 90.0 cm³/mol. The Balaban J connectivity index is 1.91. The van der Waals surface area contributed by atoms with E-state index in [0.717, 1.165) is 51.5 Å². The van der Waals surface area contributed by atoms with Crippen molar-refractivity contribution in [2.24, 2.45) is 5.92 Å². The van der Waals surface area contributed by atoms with E-state index in [4.69, 9.17) is 4.74 Å². The van der Waals surface area contributed by atoms with Crippen LogP contribution in [0.25, 0.3) is 0 Å². The van der Waals surface area contributed by atoms with Crippen LogP contribution >= 0.6 is 0 Å². The van der Waals surface area contributed by atoms with Gasteiger partial charge in [0, 0.05) is 26.1 Å². The van der Waals surface area contributed by atoms with Crippen molar-refractivity contribution in [3.63, 3.8) is 0 Å². The van der Waals surface area contributed by atoms with E-state index >= 15 is 0 Å². The lowest BCUT2D eigenvalue weighted by atomic mass is 10.00. The van der Waals surface area contributed by atoms with E-state index in [0.29, 0.717) is 12.5 Å². The minimum Gasteiger partial charge on any atom is -0.461 e. The van der Waals surface area contributed by atoms with Crippen molar-refractivity contribution in [2.45, 2.75) is 83.9 Å². The van der Waals surface area contributed by atoms with Gasteiger partial charge in [0.25, 0.3) is 0 Å². The van der Waals surface area contributed by atoms with E-state index in [1.807, 2.05) is 4.90 Å². The maximum absolute atomic E-state index is 12.6. The van der Waals surface area contributed by atoms with Crippen LogP contribution in [0, 0.1) is 5.92 Å². The first kappa shape index (κ1) is 18.2. The molecule has 0 aromatic rings. The minimum atomic E-state index is -0.257. The zero-order valence-corrected chi connectivity index (χ0v) is 14.8. The zero-order chi connectivity index (χ0) is 16.8. The van der Waals surface area contributed by atoms with Crippen LogP contribution in [-0.4, -0.2) is 48.1 Å². The van der Waals surface area contributed by atoms with Crippen LogP contribution < -0.4 is 5.32 Å². The molecule has 2 rings (SSSR count). The number of ether oxygens (including phenoxy) is 1. The summed E-state index contributed by atoms with van der Waals surface area (Å²) in [6.45, 7) is 7.39. The quantitative estimate of drug-likeness (QED) is 0.763. The molecule has 1 N–H and O–H groups in total. The van der Waals surface area contributed by atoms with E-state index in [9.17, 15) is 9.59 Å². The molecule has 5 heteroatoms. The number of esters is 1. The first-order valence-corrected chi connectivity index (χ1v) is 9.17. The minimum absolute atomic E-state index is 0.106. The fourth-order valence-electron chi connectivity index (χ4n) is 3.64. The molecule has 1 aliphatic carbocycles. The van der Waals surface area contributed by atoms with Crippen LogP contribution in [0.15, 0.2) is 0 Å². The molecule has 0 bridgehead atoms. The number of hydrogen-bond acceptors (Lipinski definition) is 4. The van der Waals surface area contributed by atoms with Gasteiger partial charge in [0.05, 0.1) is 0 Å². The molecule has 2 aliphatic rings. The van der Waals surface area contributed by atoms with E-state index in [1.165, 1.54) is 0 Å². The molecule has 2 fully saturated rings. The summed E-state index contributed by atoms with van der Waals surface area (Å²) in [6.07, 6.45) is 7.22. The van der Waals surface area contributed by atoms with E-state index in [1.54, 1.807) is 6.92 Å². The summed E-state index contributed by atoms with van der Waals surface area (Å²) in [5, 5.41) is 3.48. The SMILES string of the molecule is CC(=O)N1CCCC(N[C@@H](CC(C)C)C(=O)OC2CCCC2)C1. The Bertz CT molecular complexity index is 405. The lowest BCUT2D eigenvalue weighted by Gasteiger charge is -2.35. The fraction of sp³-hybridized carbons (Fsp3) is 0.889. The highest BCUT2D eigenvalue weighted by atomic mass is 16.5. The lowest BCUT2D eigenvalue weighted by Crippen LogP contribution is -2.53. The molecule has 1 amide bonds. The number of likely N-dealkylation sites (tertiary alicyclic amines) is 1. The second-order valence-corrected chi connectivity index (χ2v) is 7.50. The average Bonchev–Trinajstić information content (AvgIpc) is 2.99. The molecule has 0 radical (unpaired) electrons. The summed E-state index contributed by atoms with van der Waals surface area (Å²) in [5.74, 6) is 0.437. The second-order valence-electron chi connectivity index (χ2n) is 7.50. The number of amides is 1. The summed E-state index contributed by atoms with van der Waals surface area (Å²) in [5.41, 5.74) is 0. The first-order chi connectivity index (χ1) is 11.0. The van der Waals surface area contributed by atoms with Gasteiger partial charge in [0.1, 0.15) is 12.1 Å². The van der Waals surface area contributed by atoms with Gasteiger partial charge in [0.15, 0.2) is 0 Å². The molecule has 132 valence electrons. The van der Waals surface area contributed by atoms with Crippen LogP contribution in [0.4, 0.5) is 0 Å². The third-order valence-corrected chi connectivity index (χ3v) is 4.88. The number of carbonyl (C=O) groups is 2. The highest BCUT2D eigenvalue weighted by Gasteiger charge is 2.30. The lowest BCUT2D eigenvalue weighted by molar-refractivity contribution is -0.152. The Labute approximate surface area is 140 Å². The van der Waals surface area contributed by atoms with Crippen molar-refractivity contribution >= 4 is 11.9 Å². The molecule has 5 nitrogen and oxygen atoms in total. The molecule has 1 saturated heterocycles. The molecular formula is C18H32N2O3. The van der Waals surface area contributed by atoms with Crippen LogP contribution in [0.5, 0.6) is 0 Å². The third kappa shape index (κ3) is 5.79. The number of piperidine rings is 1. The third-order valence-electron chi connectivity index (χ3n) is 4.88. The molecule has 1 aliphatic heterocycles. The number of nitrogens with zero attached hydrogens (tertiary/aromatic N) is 1. The standard InChI is InChI=1S/C18H32N2O3/c1-13(2)11-17(18(22)23-16-8-4-5-9-16)19-15-7-6-10-20(12-15)14(3)21/h13,15-17,19H,4-12H2,1-3H3/t15?,17-/m0/s1. The van der Waals surface area contributed by atoms with Crippen LogP contribution in [-0.2, 0) is 14.3 Å². The molecule has 0 aromatic heterocycles. The summed E-state index contributed by atoms with van der Waals surface area (Å²) in [4.78, 5) is 26.0. The van der Waals surface area contributed by atoms with E-state index < -0.39 is 0 Å². The molecule has 0 spiro atoms. The summed E-state index contributed by atoms with van der Waals surface area (Å²) >= 11 is 0. The highest BCUT2D eigenvalue weighted by molar-refractivity contribution is 5.76. The molecule has 0 aromatic carbocycles. The van der Waals surface area contributed by atoms with Gasteiger partial charge in [0.2, 0.25) is 5.91 Å². The van der Waals surface area contributed by atoms with Crippen molar-refractivity contribution < 1.29 is 14.3 Å². The van der Waals surface area contributed by atoms with Gasteiger partial charge in [-0.3, -0.25) is 14.9 Å². The molecule has 23 heavy (non-hydrogen) atoms. The van der Waals surface area contributed by atoms with Crippen molar-refractivity contribution in [1.82, 2.24) is 10.2 Å². The van der Waals surface area contributed by atoms with Crippen molar-refractivity contribution in [3.05, 3.63) is 0 Å². The zero-order valence-electron chi connectivity index (χ0n) is 14.8. The molecule has 1 unspecified atom stereocenters. The smallest absolute Gasteiger partial charge is 0.323 e. The first-order valence-electron chi connectivity index (χ1n) is 9.17. The van der Waals surface area contributed by atoms with Gasteiger partial charge < -0.3 is 9.64 Å². The van der Waals surface area contributed by atoms with Crippen LogP contribution in [0.3, 0.4) is 0 Å². The summed E-state index contributed by atoms with van der Waals surface area (Å²) in [6, 6.07) is -0.0694. The summed E-state index contributed by atoms with van der Waals surface area (Å²) in [7, 11) is 0. The number of rotatable bonds is 6. The fourth-order valence-corrected chi connectivity index (χ4v) is 3.64. The predicted octanol–water partition coefficient (Wildman–Crippen LogP) is 2.49. The maximum Gasteiger partial charge on any atom is 0.323 e. The van der Waals surface area contributed by atoms with Gasteiger partial charge in [-0.1, -0.05) is 13.8 Å². The van der Waals surface area contributed by atoms with Gasteiger partial charge in [-0.05, 0) is 50.9 Å². The monoisotopic (exact) mass is 324 g/mol. The maximum atomic E-state index is 12.6. The molecule has 1 saturated carbocycles. The molecule has 1 heterocycles. The Hall–Kier alpha value is -1.10. The van der Waals surface area contributed by atoms with Gasteiger partial charge in [-0.15, -0.1) is 0 Å². The number of hydrogen-bond donors (Lipinski definition) is 1. The van der Waals surface area contributed by atoms with E-state index in [-0.39, 0.29) is 30.1 Å². The highest BCUT2D eigenvalue weighted by Crippen LogP contribution is 2.22. The molecular weight excluding hydrogens is 292 g/mol. The van der Waals surface area contributed by atoms with Crippen LogP contribution in [0.2, 0.25) is 0 Å². The number of carbonyl (C=O) groups excluding carboxylic acids is 2. The normalized spacial score (nSPS) is 24.0. The van der Waals surface area contributed by atoms with Crippen molar-refractivity contribution in [1.29, 1.82) is 0 Å². The number of nitrogens with one attached hydrogen (secondary N) is 1. The Kier molecular flexibility index (Phi) is 6.88.